The van der Waals surface area contributed by atoms with Crippen LogP contribution in [0.1, 0.15) is 12.5 Å². The highest BCUT2D eigenvalue weighted by Crippen LogP contribution is 2.29. The van der Waals surface area contributed by atoms with E-state index in [1.165, 1.54) is 6.26 Å². The Balaban J connectivity index is 3.12. The van der Waals surface area contributed by atoms with Crippen LogP contribution in [-0.4, -0.2) is 11.6 Å². The summed E-state index contributed by atoms with van der Waals surface area (Å²) in [6.07, 6.45) is 3.01. The second-order valence-corrected chi connectivity index (χ2v) is 4.10. The van der Waals surface area contributed by atoms with E-state index in [1.54, 1.807) is 6.08 Å². The molecule has 0 fully saturated rings. The van der Waals surface area contributed by atoms with Gasteiger partial charge in [-0.3, -0.25) is 0 Å². The van der Waals surface area contributed by atoms with E-state index in [2.05, 4.69) is 36.8 Å². The van der Waals surface area contributed by atoms with E-state index in [9.17, 15) is 4.39 Å². The molecule has 1 aromatic heterocycles. The second kappa shape index (κ2) is 5.46. The van der Waals surface area contributed by atoms with Crippen molar-refractivity contribution in [2.45, 2.75) is 6.92 Å². The number of pyridine rings is 1. The minimum atomic E-state index is -0.575. The zero-order valence-corrected chi connectivity index (χ0v) is 11.1. The quantitative estimate of drug-likeness (QED) is 0.678. The van der Waals surface area contributed by atoms with Crippen LogP contribution in [0.15, 0.2) is 15.5 Å². The molecular formula is C9H9Br2FN2O. The molecule has 0 atom stereocenters. The highest BCUT2D eigenvalue weighted by molar-refractivity contribution is 9.11. The van der Waals surface area contributed by atoms with E-state index >= 15 is 0 Å². The highest BCUT2D eigenvalue weighted by atomic mass is 79.9. The molecule has 1 heterocycles. The number of hydrogen-bond donors (Lipinski definition) is 1. The van der Waals surface area contributed by atoms with Crippen LogP contribution in [-0.2, 0) is 4.74 Å². The number of nitrogen functional groups attached to an aromatic ring is 1. The van der Waals surface area contributed by atoms with Crippen LogP contribution < -0.4 is 5.73 Å². The molecule has 0 unspecified atom stereocenters. The SMILES string of the molecule is CCO/C=C/c1c(Br)nc(Br)c(F)c1N. The molecule has 0 bridgehead atoms. The number of nitrogens with two attached hydrogens (primary N) is 1. The average Bonchev–Trinajstić information content (AvgIpc) is 2.20. The molecule has 1 aromatic rings. The van der Waals surface area contributed by atoms with Crippen molar-refractivity contribution in [2.75, 3.05) is 12.3 Å². The van der Waals surface area contributed by atoms with Crippen LogP contribution >= 0.6 is 31.9 Å². The lowest BCUT2D eigenvalue weighted by Gasteiger charge is -2.05. The summed E-state index contributed by atoms with van der Waals surface area (Å²) >= 11 is 6.15. The summed E-state index contributed by atoms with van der Waals surface area (Å²) in [6, 6.07) is 0. The third-order valence-electron chi connectivity index (χ3n) is 1.62. The summed E-state index contributed by atoms with van der Waals surface area (Å²) in [5, 5.41) is 0. The lowest BCUT2D eigenvalue weighted by Crippen LogP contribution is -1.99. The molecule has 1 rings (SSSR count). The van der Waals surface area contributed by atoms with Crippen LogP contribution in [0.3, 0.4) is 0 Å². The Labute approximate surface area is 104 Å². The summed E-state index contributed by atoms with van der Waals surface area (Å²) in [5.74, 6) is -0.575. The van der Waals surface area contributed by atoms with Gasteiger partial charge in [-0.15, -0.1) is 0 Å². The molecule has 6 heteroatoms. The molecule has 3 nitrogen and oxygen atoms in total. The number of ether oxygens (including phenoxy) is 1. The number of nitrogens with zero attached hydrogens (tertiary/aromatic N) is 1. The summed E-state index contributed by atoms with van der Waals surface area (Å²) in [5.41, 5.74) is 6.07. The van der Waals surface area contributed by atoms with Gasteiger partial charge in [-0.1, -0.05) is 0 Å². The van der Waals surface area contributed by atoms with Crippen molar-refractivity contribution < 1.29 is 9.13 Å². The fraction of sp³-hybridized carbons (Fsp3) is 0.222. The minimum absolute atomic E-state index is 0.0275. The summed E-state index contributed by atoms with van der Waals surface area (Å²) < 4.78 is 18.9. The van der Waals surface area contributed by atoms with Crippen molar-refractivity contribution in [3.05, 3.63) is 26.8 Å². The molecule has 82 valence electrons. The third kappa shape index (κ3) is 2.92. The predicted octanol–water partition coefficient (Wildman–Crippen LogP) is 3.34. The van der Waals surface area contributed by atoms with E-state index in [0.29, 0.717) is 16.8 Å². The van der Waals surface area contributed by atoms with Crippen molar-refractivity contribution in [3.63, 3.8) is 0 Å². The van der Waals surface area contributed by atoms with Gasteiger partial charge in [0.25, 0.3) is 0 Å². The lowest BCUT2D eigenvalue weighted by atomic mass is 10.2. The summed E-state index contributed by atoms with van der Waals surface area (Å²) in [4.78, 5) is 3.88. The molecule has 0 saturated heterocycles. The Hall–Kier alpha value is -0.620. The van der Waals surface area contributed by atoms with Crippen molar-refractivity contribution in [2.24, 2.45) is 0 Å². The maximum Gasteiger partial charge on any atom is 0.179 e. The number of aromatic nitrogens is 1. The van der Waals surface area contributed by atoms with Gasteiger partial charge in [0.15, 0.2) is 5.82 Å². The molecule has 15 heavy (non-hydrogen) atoms. The molecule has 0 radical (unpaired) electrons. The van der Waals surface area contributed by atoms with Crippen molar-refractivity contribution in [3.8, 4) is 0 Å². The topological polar surface area (TPSA) is 48.1 Å². The van der Waals surface area contributed by atoms with Gasteiger partial charge in [-0.25, -0.2) is 9.37 Å². The standard InChI is InChI=1S/C9H9Br2FN2O/c1-2-15-4-3-5-7(13)6(12)9(11)14-8(5)10/h3-4H,2H2,1H3,(H2,13,14)/b4-3+. The minimum Gasteiger partial charge on any atom is -0.501 e. The van der Waals surface area contributed by atoms with Gasteiger partial charge in [0.2, 0.25) is 0 Å². The van der Waals surface area contributed by atoms with E-state index in [4.69, 9.17) is 10.5 Å². The number of hydrogen-bond acceptors (Lipinski definition) is 3. The Morgan fingerprint density at radius 2 is 2.13 bits per heavy atom. The summed E-state index contributed by atoms with van der Waals surface area (Å²) in [6.45, 7) is 2.39. The van der Waals surface area contributed by atoms with Crippen LogP contribution in [0.2, 0.25) is 0 Å². The average molecular weight is 340 g/mol. The third-order valence-corrected chi connectivity index (χ3v) is 2.75. The Morgan fingerprint density at radius 3 is 2.73 bits per heavy atom. The number of anilines is 1. The van der Waals surface area contributed by atoms with Crippen LogP contribution in [0, 0.1) is 5.82 Å². The van der Waals surface area contributed by atoms with Gasteiger partial charge in [-0.05, 0) is 44.9 Å². The largest absolute Gasteiger partial charge is 0.501 e. The zero-order chi connectivity index (χ0) is 11.4. The van der Waals surface area contributed by atoms with Gasteiger partial charge < -0.3 is 10.5 Å². The van der Waals surface area contributed by atoms with Gasteiger partial charge in [0.05, 0.1) is 18.6 Å². The van der Waals surface area contributed by atoms with Gasteiger partial charge in [0, 0.05) is 5.56 Å². The van der Waals surface area contributed by atoms with Crippen LogP contribution in [0.25, 0.3) is 6.08 Å². The molecular weight excluding hydrogens is 331 g/mol. The molecule has 0 spiro atoms. The molecule has 0 aliphatic carbocycles. The maximum absolute atomic E-state index is 13.4. The molecule has 0 aliphatic rings. The van der Waals surface area contributed by atoms with E-state index < -0.39 is 5.82 Å². The van der Waals surface area contributed by atoms with Crippen molar-refractivity contribution in [1.82, 2.24) is 4.98 Å². The predicted molar refractivity (Wildman–Crippen MR) is 64.7 cm³/mol. The van der Waals surface area contributed by atoms with E-state index in [0.717, 1.165) is 0 Å². The van der Waals surface area contributed by atoms with Crippen LogP contribution in [0.4, 0.5) is 10.1 Å². The van der Waals surface area contributed by atoms with Gasteiger partial charge in [-0.2, -0.15) is 0 Å². The first-order valence-electron chi connectivity index (χ1n) is 4.16. The van der Waals surface area contributed by atoms with Crippen molar-refractivity contribution in [1.29, 1.82) is 0 Å². The maximum atomic E-state index is 13.4. The fourth-order valence-electron chi connectivity index (χ4n) is 0.907. The first kappa shape index (κ1) is 12.4. The molecule has 0 saturated carbocycles. The molecule has 2 N–H and O–H groups in total. The Bertz CT molecular complexity index is 396. The normalized spacial score (nSPS) is 10.9. The smallest absolute Gasteiger partial charge is 0.179 e. The van der Waals surface area contributed by atoms with E-state index in [-0.39, 0.29) is 10.3 Å². The molecule has 0 aromatic carbocycles. The highest BCUT2D eigenvalue weighted by Gasteiger charge is 2.12. The first-order valence-corrected chi connectivity index (χ1v) is 5.74. The Morgan fingerprint density at radius 1 is 1.47 bits per heavy atom. The number of rotatable bonds is 3. The lowest BCUT2D eigenvalue weighted by molar-refractivity contribution is 0.272. The monoisotopic (exact) mass is 338 g/mol. The van der Waals surface area contributed by atoms with Crippen molar-refractivity contribution >= 4 is 43.6 Å². The first-order chi connectivity index (χ1) is 7.07. The van der Waals surface area contributed by atoms with Gasteiger partial charge in [0.1, 0.15) is 9.21 Å². The molecule has 0 amide bonds. The van der Waals surface area contributed by atoms with E-state index in [1.807, 2.05) is 6.92 Å². The number of halogens is 3. The second-order valence-electron chi connectivity index (χ2n) is 2.59. The van der Waals surface area contributed by atoms with Gasteiger partial charge >= 0.3 is 0 Å². The summed E-state index contributed by atoms with van der Waals surface area (Å²) in [7, 11) is 0. The van der Waals surface area contributed by atoms with Crippen LogP contribution in [0.5, 0.6) is 0 Å². The zero-order valence-electron chi connectivity index (χ0n) is 7.93. The molecule has 0 aliphatic heterocycles. The Kier molecular flexibility index (Phi) is 4.53. The fourth-order valence-corrected chi connectivity index (χ4v) is 2.06.